The maximum Gasteiger partial charge on any atom is 0.421 e. The summed E-state index contributed by atoms with van der Waals surface area (Å²) in [4.78, 5) is 59.9. The molecular formula is C38H49F3N7O6P. The molecule has 4 N–H and O–H groups in total. The molecule has 2 fully saturated rings. The number of carbonyl (C=O) groups excluding carboxylic acids is 2. The molecule has 0 atom stereocenters. The molecule has 2 amide bonds. The van der Waals surface area contributed by atoms with Gasteiger partial charge in [-0.25, -0.2) is 4.98 Å². The number of aromatic nitrogens is 2. The van der Waals surface area contributed by atoms with Crippen molar-refractivity contribution in [2.24, 2.45) is 0 Å². The van der Waals surface area contributed by atoms with Crippen LogP contribution in [0.15, 0.2) is 36.5 Å². The molecule has 1 aromatic heterocycles. The molecule has 0 unspecified atom stereocenters. The standard InChI is InChI=1S/C38H49F3N7O6P/c1-6-37(7-2,55(51,52)53)25-10-14-30(32(20-25)54-5)44-36-42-21-29(38(39,40)41)34(45-36)43-31-15-13-27(28-22-46(4)35(50)33(28)31)24-8-11-26(12-9-24)48-18-16-47(17-19-48)23(3)49/h10,13-15,20-21,24,26H,6-9,11-12,16-19,22H2,1-5H3,(H2,51,52,53)(H2,42,43,44,45). The van der Waals surface area contributed by atoms with Crippen LogP contribution < -0.4 is 15.4 Å². The number of methoxy groups -OCH3 is 1. The maximum absolute atomic E-state index is 14.4. The van der Waals surface area contributed by atoms with Gasteiger partial charge in [0.2, 0.25) is 11.9 Å². The van der Waals surface area contributed by atoms with Crippen molar-refractivity contribution in [2.45, 2.75) is 89.1 Å². The van der Waals surface area contributed by atoms with Crippen LogP contribution in [-0.4, -0.2) is 92.6 Å². The summed E-state index contributed by atoms with van der Waals surface area (Å²) >= 11 is 0. The summed E-state index contributed by atoms with van der Waals surface area (Å²) in [5.74, 6) is -0.581. The molecule has 0 bridgehead atoms. The van der Waals surface area contributed by atoms with E-state index in [0.717, 1.165) is 63.0 Å². The van der Waals surface area contributed by atoms with E-state index >= 15 is 0 Å². The topological polar surface area (TPSA) is 160 Å². The van der Waals surface area contributed by atoms with Gasteiger partial charge in [-0.3, -0.25) is 19.1 Å². The molecule has 1 saturated heterocycles. The highest BCUT2D eigenvalue weighted by molar-refractivity contribution is 7.53. The number of nitrogens with zero attached hydrogens (tertiary/aromatic N) is 5. The number of amides is 2. The minimum Gasteiger partial charge on any atom is -0.495 e. The normalized spacial score (nSPS) is 19.7. The van der Waals surface area contributed by atoms with Crippen LogP contribution in [0, 0.1) is 0 Å². The Balaban J connectivity index is 1.26. The smallest absolute Gasteiger partial charge is 0.421 e. The van der Waals surface area contributed by atoms with Gasteiger partial charge in [-0.2, -0.15) is 18.2 Å². The van der Waals surface area contributed by atoms with Crippen molar-refractivity contribution in [1.29, 1.82) is 0 Å². The zero-order chi connectivity index (χ0) is 39.9. The predicted molar refractivity (Wildman–Crippen MR) is 202 cm³/mol. The quantitative estimate of drug-likeness (QED) is 0.149. The van der Waals surface area contributed by atoms with Crippen molar-refractivity contribution >= 4 is 42.6 Å². The maximum atomic E-state index is 14.4. The van der Waals surface area contributed by atoms with Crippen LogP contribution in [0.4, 0.5) is 36.3 Å². The highest BCUT2D eigenvalue weighted by Gasteiger charge is 2.46. The van der Waals surface area contributed by atoms with E-state index in [4.69, 9.17) is 4.74 Å². The number of anilines is 4. The number of rotatable bonds is 11. The van der Waals surface area contributed by atoms with Crippen molar-refractivity contribution in [3.05, 3.63) is 64.3 Å². The molecule has 298 valence electrons. The number of piperazine rings is 1. The Morgan fingerprint density at radius 2 is 1.65 bits per heavy atom. The summed E-state index contributed by atoms with van der Waals surface area (Å²) in [6.07, 6.45) is -0.0706. The molecule has 6 rings (SSSR count). The SMILES string of the molecule is CCC(CC)(c1ccc(Nc2ncc(C(F)(F)F)c(Nc3ccc(C4CCC(N5CCN(C(C)=O)CC5)CC4)c4c3C(=O)N(C)C4)n2)c(OC)c1)P(=O)(O)O. The lowest BCUT2D eigenvalue weighted by atomic mass is 9.78. The third-order valence-electron chi connectivity index (χ3n) is 11.8. The van der Waals surface area contributed by atoms with Crippen LogP contribution in [0.5, 0.6) is 5.75 Å². The van der Waals surface area contributed by atoms with E-state index in [1.165, 1.54) is 25.3 Å². The van der Waals surface area contributed by atoms with Crippen molar-refractivity contribution in [1.82, 2.24) is 24.7 Å². The third-order valence-corrected chi connectivity index (χ3v) is 13.8. The number of fused-ring (bicyclic) bond motifs is 1. The zero-order valence-electron chi connectivity index (χ0n) is 31.7. The first-order chi connectivity index (χ1) is 26.0. The molecule has 3 aromatic rings. The molecule has 3 aliphatic rings. The van der Waals surface area contributed by atoms with Crippen LogP contribution in [0.1, 0.15) is 97.8 Å². The fraction of sp³-hybridized carbons (Fsp3) is 0.526. The van der Waals surface area contributed by atoms with Crippen LogP contribution in [0.25, 0.3) is 0 Å². The van der Waals surface area contributed by atoms with Crippen molar-refractivity contribution in [3.63, 3.8) is 0 Å². The summed E-state index contributed by atoms with van der Waals surface area (Å²) in [6.45, 7) is 8.47. The molecule has 2 aliphatic heterocycles. The lowest BCUT2D eigenvalue weighted by molar-refractivity contribution is -0.137. The Labute approximate surface area is 318 Å². The second kappa shape index (κ2) is 15.7. The van der Waals surface area contributed by atoms with E-state index in [9.17, 15) is 37.1 Å². The Kier molecular flexibility index (Phi) is 11.6. The predicted octanol–water partition coefficient (Wildman–Crippen LogP) is 6.96. The number of halogens is 3. The molecule has 3 heterocycles. The zero-order valence-corrected chi connectivity index (χ0v) is 32.6. The van der Waals surface area contributed by atoms with Gasteiger partial charge in [0.1, 0.15) is 17.1 Å². The Morgan fingerprint density at radius 1 is 1.00 bits per heavy atom. The molecule has 13 nitrogen and oxygen atoms in total. The first-order valence-electron chi connectivity index (χ1n) is 18.6. The van der Waals surface area contributed by atoms with Crippen molar-refractivity contribution in [3.8, 4) is 5.75 Å². The molecule has 17 heteroatoms. The van der Waals surface area contributed by atoms with Gasteiger partial charge in [-0.1, -0.05) is 26.0 Å². The second-order valence-electron chi connectivity index (χ2n) is 14.7. The number of nitrogens with one attached hydrogen (secondary N) is 2. The monoisotopic (exact) mass is 787 g/mol. The van der Waals surface area contributed by atoms with Gasteiger partial charge < -0.3 is 35.0 Å². The van der Waals surface area contributed by atoms with E-state index in [2.05, 4.69) is 25.5 Å². The van der Waals surface area contributed by atoms with Gasteiger partial charge in [0.15, 0.2) is 0 Å². The number of carbonyl (C=O) groups is 2. The summed E-state index contributed by atoms with van der Waals surface area (Å²) in [5, 5.41) is 4.27. The molecule has 2 aromatic carbocycles. The first-order valence-corrected chi connectivity index (χ1v) is 20.3. The fourth-order valence-corrected chi connectivity index (χ4v) is 9.83. The van der Waals surface area contributed by atoms with Crippen LogP contribution >= 0.6 is 7.60 Å². The third kappa shape index (κ3) is 7.91. The largest absolute Gasteiger partial charge is 0.495 e. The van der Waals surface area contributed by atoms with E-state index in [1.807, 2.05) is 11.0 Å². The average Bonchev–Trinajstić information content (AvgIpc) is 3.45. The Bertz CT molecular complexity index is 1970. The minimum atomic E-state index is -4.83. The van der Waals surface area contributed by atoms with Gasteiger partial charge in [0.25, 0.3) is 5.91 Å². The van der Waals surface area contributed by atoms with Crippen molar-refractivity contribution < 1.29 is 41.8 Å². The van der Waals surface area contributed by atoms with Crippen LogP contribution in [-0.2, 0) is 27.2 Å². The molecule has 0 spiro atoms. The average molecular weight is 788 g/mol. The van der Waals surface area contributed by atoms with Crippen molar-refractivity contribution in [2.75, 3.05) is 51.0 Å². The Morgan fingerprint density at radius 3 is 2.24 bits per heavy atom. The van der Waals surface area contributed by atoms with Gasteiger partial charge in [0, 0.05) is 58.9 Å². The van der Waals surface area contributed by atoms with Gasteiger partial charge >= 0.3 is 13.8 Å². The highest BCUT2D eigenvalue weighted by atomic mass is 31.2. The van der Waals surface area contributed by atoms with E-state index in [-0.39, 0.29) is 53.6 Å². The highest BCUT2D eigenvalue weighted by Crippen LogP contribution is 2.61. The summed E-state index contributed by atoms with van der Waals surface area (Å²) in [7, 11) is -1.56. The lowest BCUT2D eigenvalue weighted by Crippen LogP contribution is -2.52. The summed E-state index contributed by atoms with van der Waals surface area (Å²) in [6, 6.07) is 8.53. The molecule has 55 heavy (non-hydrogen) atoms. The number of alkyl halides is 3. The van der Waals surface area contributed by atoms with E-state index < -0.39 is 30.3 Å². The van der Waals surface area contributed by atoms with Crippen LogP contribution in [0.3, 0.4) is 0 Å². The first kappa shape index (κ1) is 40.4. The summed E-state index contributed by atoms with van der Waals surface area (Å²) in [5.41, 5.74) is 1.84. The van der Waals surface area contributed by atoms with Gasteiger partial charge in [0.05, 0.1) is 29.2 Å². The van der Waals surface area contributed by atoms with Gasteiger partial charge in [-0.15, -0.1) is 0 Å². The number of benzene rings is 2. The minimum absolute atomic E-state index is 0.0995. The van der Waals surface area contributed by atoms with Crippen LogP contribution in [0.2, 0.25) is 0 Å². The molecule has 1 aliphatic carbocycles. The lowest BCUT2D eigenvalue weighted by Gasteiger charge is -2.42. The second-order valence-corrected chi connectivity index (χ2v) is 16.6. The molecule has 0 radical (unpaired) electrons. The van der Waals surface area contributed by atoms with E-state index in [1.54, 1.807) is 38.8 Å². The number of hydrogen-bond donors (Lipinski definition) is 4. The van der Waals surface area contributed by atoms with E-state index in [0.29, 0.717) is 29.9 Å². The summed E-state index contributed by atoms with van der Waals surface area (Å²) < 4.78 is 61.2. The molecular weight excluding hydrogens is 738 g/mol. The Hall–Kier alpha value is -4.24. The number of ether oxygens (including phenoxy) is 1. The fourth-order valence-electron chi connectivity index (χ4n) is 8.53. The number of hydrogen-bond acceptors (Lipinski definition) is 9. The molecule has 1 saturated carbocycles. The van der Waals surface area contributed by atoms with Gasteiger partial charge in [-0.05, 0) is 79.3 Å².